The number of allylic oxidation sites excluding steroid dienone is 2. The van der Waals surface area contributed by atoms with Gasteiger partial charge in [0.15, 0.2) is 0 Å². The molecule has 1 spiro atoms. The van der Waals surface area contributed by atoms with Crippen molar-refractivity contribution in [3.63, 3.8) is 0 Å². The minimum absolute atomic E-state index is 0.543. The first-order chi connectivity index (χ1) is 14.7. The Morgan fingerprint density at radius 3 is 2.39 bits per heavy atom. The van der Waals surface area contributed by atoms with E-state index in [0.29, 0.717) is 22.3 Å². The second kappa shape index (κ2) is 7.61. The van der Waals surface area contributed by atoms with Crippen molar-refractivity contribution in [1.29, 1.82) is 0 Å². The maximum absolute atomic E-state index is 6.31. The number of rotatable bonds is 6. The van der Waals surface area contributed by atoms with Crippen LogP contribution >= 0.6 is 0 Å². The van der Waals surface area contributed by atoms with E-state index < -0.39 is 0 Å². The zero-order chi connectivity index (χ0) is 22.2. The van der Waals surface area contributed by atoms with Gasteiger partial charge in [-0.15, -0.1) is 0 Å². The monoisotopic (exact) mass is 426 g/mol. The van der Waals surface area contributed by atoms with Crippen molar-refractivity contribution in [2.45, 2.75) is 105 Å². The summed E-state index contributed by atoms with van der Waals surface area (Å²) in [7, 11) is 2.03. The Balaban J connectivity index is 1.37. The second-order valence-electron chi connectivity index (χ2n) is 13.5. The molecule has 5 saturated carbocycles. The smallest absolute Gasteiger partial charge is 0.0638 e. The summed E-state index contributed by atoms with van der Waals surface area (Å²) in [6.45, 7) is 15.1. The Kier molecular flexibility index (Phi) is 5.52. The standard InChI is InChI=1S/C30H50O/c1-8-21(19(2)3)10-9-20(4)24-11-12-25-23-17-27(31-7)30-18-22(30)13-16-29(30,6)26(23)14-15-28(24,25)5/h9-10,19-27H,8,11-18H2,1-7H3/b10-9+/t20-,21-,22?,23+,24-,25+,26+,27-,28-,29-,30?/m1/s1. The van der Waals surface area contributed by atoms with Crippen LogP contribution in [0.15, 0.2) is 12.2 Å². The molecule has 5 aliphatic rings. The highest BCUT2D eigenvalue weighted by Gasteiger charge is 2.77. The Labute approximate surface area is 193 Å². The zero-order valence-corrected chi connectivity index (χ0v) is 21.6. The molecule has 0 aromatic rings. The molecule has 0 aliphatic heterocycles. The van der Waals surface area contributed by atoms with E-state index >= 15 is 0 Å². The lowest BCUT2D eigenvalue weighted by Gasteiger charge is -2.61. The van der Waals surface area contributed by atoms with Gasteiger partial charge in [-0.25, -0.2) is 0 Å². The number of ether oxygens (including phenoxy) is 1. The highest BCUT2D eigenvalue weighted by molar-refractivity contribution is 5.26. The first kappa shape index (κ1) is 22.5. The predicted molar refractivity (Wildman–Crippen MR) is 131 cm³/mol. The highest BCUT2D eigenvalue weighted by atomic mass is 16.5. The Bertz CT molecular complexity index is 709. The van der Waals surface area contributed by atoms with E-state index in [-0.39, 0.29) is 0 Å². The Morgan fingerprint density at radius 2 is 1.74 bits per heavy atom. The van der Waals surface area contributed by atoms with Gasteiger partial charge in [-0.05, 0) is 116 Å². The van der Waals surface area contributed by atoms with Gasteiger partial charge in [0.25, 0.3) is 0 Å². The fourth-order valence-electron chi connectivity index (χ4n) is 10.8. The van der Waals surface area contributed by atoms with Gasteiger partial charge in [0.05, 0.1) is 6.10 Å². The lowest BCUT2D eigenvalue weighted by Crippen LogP contribution is -2.57. The van der Waals surface area contributed by atoms with Crippen molar-refractivity contribution in [3.8, 4) is 0 Å². The summed E-state index contributed by atoms with van der Waals surface area (Å²) in [4.78, 5) is 0. The van der Waals surface area contributed by atoms with Gasteiger partial charge >= 0.3 is 0 Å². The van der Waals surface area contributed by atoms with Crippen molar-refractivity contribution in [1.82, 2.24) is 0 Å². The lowest BCUT2D eigenvalue weighted by molar-refractivity contribution is -0.160. The van der Waals surface area contributed by atoms with Gasteiger partial charge in [-0.1, -0.05) is 53.7 Å². The fraction of sp³-hybridized carbons (Fsp3) is 0.933. The largest absolute Gasteiger partial charge is 0.381 e. The van der Waals surface area contributed by atoms with E-state index in [1.165, 1.54) is 57.8 Å². The summed E-state index contributed by atoms with van der Waals surface area (Å²) in [6.07, 6.45) is 18.7. The van der Waals surface area contributed by atoms with Crippen LogP contribution in [0.3, 0.4) is 0 Å². The average Bonchev–Trinajstić information content (AvgIpc) is 3.24. The summed E-state index contributed by atoms with van der Waals surface area (Å²) in [5.41, 5.74) is 1.68. The molecule has 0 amide bonds. The SMILES string of the molecule is CC[C@H](/C=C/[C@@H](C)[C@H]1CC[C@H]2[C@@H]3C[C@@H](OC)C45CC4CC[C@]5(C)[C@H]3CC[C@]12C)C(C)C. The minimum Gasteiger partial charge on any atom is -0.381 e. The molecular weight excluding hydrogens is 376 g/mol. The van der Waals surface area contributed by atoms with Crippen molar-refractivity contribution in [2.75, 3.05) is 7.11 Å². The van der Waals surface area contributed by atoms with E-state index in [0.717, 1.165) is 47.3 Å². The molecule has 176 valence electrons. The van der Waals surface area contributed by atoms with Crippen molar-refractivity contribution in [2.24, 2.45) is 63.6 Å². The highest BCUT2D eigenvalue weighted by Crippen LogP contribution is 2.82. The average molecular weight is 427 g/mol. The molecule has 31 heavy (non-hydrogen) atoms. The predicted octanol–water partition coefficient (Wildman–Crippen LogP) is 8.14. The zero-order valence-electron chi connectivity index (χ0n) is 21.6. The van der Waals surface area contributed by atoms with Crippen LogP contribution in [0.4, 0.5) is 0 Å². The van der Waals surface area contributed by atoms with Gasteiger partial charge < -0.3 is 4.74 Å². The Hall–Kier alpha value is -0.300. The van der Waals surface area contributed by atoms with Gasteiger partial charge in [-0.2, -0.15) is 0 Å². The Morgan fingerprint density at radius 1 is 0.968 bits per heavy atom. The summed E-state index contributed by atoms with van der Waals surface area (Å²) in [6, 6.07) is 0. The van der Waals surface area contributed by atoms with Crippen molar-refractivity contribution in [3.05, 3.63) is 12.2 Å². The molecule has 0 aromatic heterocycles. The van der Waals surface area contributed by atoms with Gasteiger partial charge in [-0.3, -0.25) is 0 Å². The summed E-state index contributed by atoms with van der Waals surface area (Å²) >= 11 is 0. The number of hydrogen-bond acceptors (Lipinski definition) is 1. The molecule has 0 radical (unpaired) electrons. The molecule has 0 saturated heterocycles. The topological polar surface area (TPSA) is 9.23 Å². The first-order valence-corrected chi connectivity index (χ1v) is 13.9. The maximum atomic E-state index is 6.31. The summed E-state index contributed by atoms with van der Waals surface area (Å²) in [5, 5.41) is 0. The third kappa shape index (κ3) is 2.96. The quantitative estimate of drug-likeness (QED) is 0.389. The third-order valence-corrected chi connectivity index (χ3v) is 12.5. The van der Waals surface area contributed by atoms with Crippen LogP contribution in [0.5, 0.6) is 0 Å². The van der Waals surface area contributed by atoms with Crippen LogP contribution in [0.25, 0.3) is 0 Å². The van der Waals surface area contributed by atoms with Crippen LogP contribution in [-0.2, 0) is 4.74 Å². The van der Waals surface area contributed by atoms with Crippen LogP contribution in [0.1, 0.15) is 99.3 Å². The van der Waals surface area contributed by atoms with Crippen LogP contribution in [-0.4, -0.2) is 13.2 Å². The fourth-order valence-corrected chi connectivity index (χ4v) is 10.8. The molecule has 1 nitrogen and oxygen atoms in total. The molecule has 0 bridgehead atoms. The summed E-state index contributed by atoms with van der Waals surface area (Å²) < 4.78 is 6.31. The number of hydrogen-bond donors (Lipinski definition) is 0. The number of methoxy groups -OCH3 is 1. The molecular formula is C30H50O. The molecule has 0 aromatic carbocycles. The van der Waals surface area contributed by atoms with E-state index in [9.17, 15) is 0 Å². The van der Waals surface area contributed by atoms with Gasteiger partial charge in [0.2, 0.25) is 0 Å². The molecule has 1 heteroatoms. The molecule has 0 heterocycles. The normalized spacial score (nSPS) is 52.5. The molecule has 0 N–H and O–H groups in total. The van der Waals surface area contributed by atoms with Crippen molar-refractivity contribution >= 4 is 0 Å². The maximum Gasteiger partial charge on any atom is 0.0638 e. The third-order valence-electron chi connectivity index (χ3n) is 12.5. The minimum atomic E-state index is 0.543. The molecule has 11 atom stereocenters. The van der Waals surface area contributed by atoms with Gasteiger partial charge in [0.1, 0.15) is 0 Å². The van der Waals surface area contributed by atoms with Crippen molar-refractivity contribution < 1.29 is 4.74 Å². The van der Waals surface area contributed by atoms with E-state index in [1.54, 1.807) is 0 Å². The molecule has 5 aliphatic carbocycles. The van der Waals surface area contributed by atoms with E-state index in [2.05, 4.69) is 53.7 Å². The van der Waals surface area contributed by atoms with Crippen LogP contribution < -0.4 is 0 Å². The molecule has 5 rings (SSSR count). The second-order valence-corrected chi connectivity index (χ2v) is 13.5. The molecule has 5 fully saturated rings. The van der Waals surface area contributed by atoms with E-state index in [4.69, 9.17) is 4.74 Å². The summed E-state index contributed by atoms with van der Waals surface area (Å²) in [5.74, 6) is 6.92. The molecule has 2 unspecified atom stereocenters. The van der Waals surface area contributed by atoms with E-state index in [1.807, 2.05) is 7.11 Å². The number of fused-ring (bicyclic) bond motifs is 4. The van der Waals surface area contributed by atoms with Crippen LogP contribution in [0, 0.1) is 63.6 Å². The van der Waals surface area contributed by atoms with Gasteiger partial charge in [0, 0.05) is 12.5 Å². The first-order valence-electron chi connectivity index (χ1n) is 13.9. The van der Waals surface area contributed by atoms with Crippen LogP contribution in [0.2, 0.25) is 0 Å². The lowest BCUT2D eigenvalue weighted by atomic mass is 9.45.